The normalized spacial score (nSPS) is 13.9. The first kappa shape index (κ1) is 58.3. The highest BCUT2D eigenvalue weighted by Gasteiger charge is 2.24. The zero-order valence-electron chi connectivity index (χ0n) is 40.0. The van der Waals surface area contributed by atoms with Crippen molar-refractivity contribution in [1.29, 1.82) is 0 Å². The molecule has 0 aliphatic heterocycles. The topological polar surface area (TPSA) is 95.9 Å². The van der Waals surface area contributed by atoms with Gasteiger partial charge in [0.25, 0.3) is 0 Å². The summed E-state index contributed by atoms with van der Waals surface area (Å²) in [5.41, 5.74) is 0. The van der Waals surface area contributed by atoms with Crippen molar-refractivity contribution < 1.29 is 24.5 Å². The summed E-state index contributed by atoms with van der Waals surface area (Å²) in [5, 5.41) is 23.7. The summed E-state index contributed by atoms with van der Waals surface area (Å²) < 4.78 is 5.91. The Morgan fingerprint density at radius 1 is 0.508 bits per heavy atom. The van der Waals surface area contributed by atoms with Gasteiger partial charge in [-0.2, -0.15) is 0 Å². The quantitative estimate of drug-likeness (QED) is 0.0245. The van der Waals surface area contributed by atoms with E-state index in [1.54, 1.807) is 0 Å². The monoisotopic (exact) mass is 852 g/mol. The summed E-state index contributed by atoms with van der Waals surface area (Å²) in [7, 11) is 0. The van der Waals surface area contributed by atoms with Crippen molar-refractivity contribution in [1.82, 2.24) is 5.32 Å². The molecule has 0 fully saturated rings. The molecule has 0 heterocycles. The first-order valence-corrected chi connectivity index (χ1v) is 25.7. The van der Waals surface area contributed by atoms with Gasteiger partial charge in [0.15, 0.2) is 0 Å². The first-order valence-electron chi connectivity index (χ1n) is 25.7. The Bertz CT molecular complexity index is 1140. The van der Waals surface area contributed by atoms with Crippen molar-refractivity contribution in [2.24, 2.45) is 0 Å². The van der Waals surface area contributed by atoms with E-state index in [4.69, 9.17) is 4.74 Å². The molecular weight excluding hydrogens is 755 g/mol. The Balaban J connectivity index is 4.64. The van der Waals surface area contributed by atoms with Gasteiger partial charge in [-0.1, -0.05) is 216 Å². The van der Waals surface area contributed by atoms with Crippen LogP contribution >= 0.6 is 0 Å². The highest BCUT2D eigenvalue weighted by atomic mass is 16.5. The van der Waals surface area contributed by atoms with E-state index in [0.29, 0.717) is 19.3 Å². The second-order valence-corrected chi connectivity index (χ2v) is 17.2. The number of rotatable bonds is 45. The van der Waals surface area contributed by atoms with Crippen molar-refractivity contribution in [3.8, 4) is 0 Å². The molecule has 1 amide bonds. The van der Waals surface area contributed by atoms with E-state index in [2.05, 4.69) is 99.0 Å². The van der Waals surface area contributed by atoms with Gasteiger partial charge in [0.05, 0.1) is 25.2 Å². The van der Waals surface area contributed by atoms with E-state index >= 15 is 0 Å². The zero-order chi connectivity index (χ0) is 44.5. The highest BCUT2D eigenvalue weighted by molar-refractivity contribution is 5.77. The lowest BCUT2D eigenvalue weighted by atomic mass is 10.0. The van der Waals surface area contributed by atoms with Crippen LogP contribution in [0.15, 0.2) is 72.9 Å². The lowest BCUT2D eigenvalue weighted by Gasteiger charge is -2.24. The number of allylic oxidation sites excluding steroid dienone is 12. The molecular formula is C55H97NO5. The maximum atomic E-state index is 13.2. The summed E-state index contributed by atoms with van der Waals surface area (Å²) in [4.78, 5) is 26.1. The fourth-order valence-electron chi connectivity index (χ4n) is 7.44. The Kier molecular flexibility index (Phi) is 46.2. The summed E-state index contributed by atoms with van der Waals surface area (Å²) >= 11 is 0. The van der Waals surface area contributed by atoms with Crippen LogP contribution in [0.5, 0.6) is 0 Å². The van der Waals surface area contributed by atoms with Crippen LogP contribution in [-0.4, -0.2) is 46.9 Å². The molecule has 61 heavy (non-hydrogen) atoms. The molecule has 0 aromatic rings. The van der Waals surface area contributed by atoms with Crippen molar-refractivity contribution in [3.05, 3.63) is 72.9 Å². The SMILES string of the molecule is CC/C=C/C=C/C=C/CCCCCCCC(CC(=O)NC(CO)C(O)CCCCCCCCCCCCCC)OC(=O)CCCCCC/C=C\C/C=C\C/C=C\CCCCC. The second-order valence-electron chi connectivity index (χ2n) is 17.2. The van der Waals surface area contributed by atoms with E-state index < -0.39 is 18.2 Å². The summed E-state index contributed by atoms with van der Waals surface area (Å²) in [6.45, 7) is 6.31. The predicted molar refractivity (Wildman–Crippen MR) is 264 cm³/mol. The van der Waals surface area contributed by atoms with Crippen LogP contribution in [0, 0.1) is 0 Å². The molecule has 0 bridgehead atoms. The van der Waals surface area contributed by atoms with Gasteiger partial charge >= 0.3 is 5.97 Å². The van der Waals surface area contributed by atoms with Crippen molar-refractivity contribution in [2.45, 2.75) is 257 Å². The zero-order valence-corrected chi connectivity index (χ0v) is 40.0. The number of esters is 1. The summed E-state index contributed by atoms with van der Waals surface area (Å²) in [6, 6.07) is -0.715. The maximum Gasteiger partial charge on any atom is 0.306 e. The van der Waals surface area contributed by atoms with Gasteiger partial charge in [-0.3, -0.25) is 9.59 Å². The van der Waals surface area contributed by atoms with Crippen LogP contribution in [-0.2, 0) is 14.3 Å². The number of hydrogen-bond acceptors (Lipinski definition) is 5. The lowest BCUT2D eigenvalue weighted by molar-refractivity contribution is -0.151. The maximum absolute atomic E-state index is 13.2. The van der Waals surface area contributed by atoms with Gasteiger partial charge in [0, 0.05) is 6.42 Å². The minimum atomic E-state index is -0.800. The Labute approximate surface area is 377 Å². The van der Waals surface area contributed by atoms with Crippen LogP contribution in [0.3, 0.4) is 0 Å². The number of carbonyl (C=O) groups is 2. The van der Waals surface area contributed by atoms with Crippen LogP contribution in [0.4, 0.5) is 0 Å². The third kappa shape index (κ3) is 43.7. The third-order valence-corrected chi connectivity index (χ3v) is 11.3. The number of carbonyl (C=O) groups excluding carboxylic acids is 2. The highest BCUT2D eigenvalue weighted by Crippen LogP contribution is 2.17. The summed E-state index contributed by atoms with van der Waals surface area (Å²) in [6.07, 6.45) is 61.0. The van der Waals surface area contributed by atoms with Gasteiger partial charge in [0.1, 0.15) is 6.10 Å². The molecule has 6 heteroatoms. The molecule has 0 saturated carbocycles. The van der Waals surface area contributed by atoms with Crippen LogP contribution in [0.25, 0.3) is 0 Å². The molecule has 3 atom stereocenters. The standard InChI is InChI=1S/C55H97NO5/c1-4-7-10-13-16-19-22-25-26-27-28-30-33-36-39-42-45-48-55(60)61-51(46-43-40-37-34-31-29-23-20-17-14-11-8-5-2)49-54(59)56-52(50-57)53(58)47-44-41-38-35-32-24-21-18-15-12-9-6-3/h8,11,14,16-17,19-20,23,25-26,28,30,51-53,57-58H,4-7,9-10,12-13,15,18,21-22,24,27,29,31-50H2,1-3H3,(H,56,59)/b11-8+,17-14+,19-16-,23-20+,26-25-,30-28-. The molecule has 6 nitrogen and oxygen atoms in total. The van der Waals surface area contributed by atoms with E-state index in [-0.39, 0.29) is 24.9 Å². The Morgan fingerprint density at radius 2 is 0.951 bits per heavy atom. The van der Waals surface area contributed by atoms with Gasteiger partial charge in [-0.05, 0) is 83.5 Å². The van der Waals surface area contributed by atoms with Crippen LogP contribution in [0.1, 0.15) is 239 Å². The van der Waals surface area contributed by atoms with Crippen molar-refractivity contribution in [2.75, 3.05) is 6.61 Å². The number of amides is 1. The van der Waals surface area contributed by atoms with Gasteiger partial charge in [-0.15, -0.1) is 0 Å². The van der Waals surface area contributed by atoms with Crippen LogP contribution in [0.2, 0.25) is 0 Å². The lowest BCUT2D eigenvalue weighted by Crippen LogP contribution is -2.46. The van der Waals surface area contributed by atoms with E-state index in [1.165, 1.54) is 83.5 Å². The van der Waals surface area contributed by atoms with Crippen molar-refractivity contribution >= 4 is 11.9 Å². The fourth-order valence-corrected chi connectivity index (χ4v) is 7.44. The molecule has 0 aliphatic carbocycles. The van der Waals surface area contributed by atoms with E-state index in [9.17, 15) is 19.8 Å². The van der Waals surface area contributed by atoms with E-state index in [0.717, 1.165) is 109 Å². The molecule has 0 spiro atoms. The third-order valence-electron chi connectivity index (χ3n) is 11.3. The molecule has 0 aromatic heterocycles. The molecule has 0 aromatic carbocycles. The fraction of sp³-hybridized carbons (Fsp3) is 0.745. The number of aliphatic hydroxyl groups excluding tert-OH is 2. The van der Waals surface area contributed by atoms with Gasteiger partial charge in [-0.25, -0.2) is 0 Å². The second kappa shape index (κ2) is 48.3. The number of hydrogen-bond donors (Lipinski definition) is 3. The first-order chi connectivity index (χ1) is 30.0. The molecule has 0 rings (SSSR count). The number of unbranched alkanes of at least 4 members (excludes halogenated alkanes) is 23. The number of nitrogens with one attached hydrogen (secondary N) is 1. The molecule has 3 N–H and O–H groups in total. The average molecular weight is 852 g/mol. The van der Waals surface area contributed by atoms with Crippen LogP contribution < -0.4 is 5.32 Å². The minimum Gasteiger partial charge on any atom is -0.462 e. The molecule has 0 aliphatic rings. The predicted octanol–water partition coefficient (Wildman–Crippen LogP) is 15.4. The average Bonchev–Trinajstić information content (AvgIpc) is 3.25. The van der Waals surface area contributed by atoms with E-state index in [1.807, 2.05) is 0 Å². The Hall–Kier alpha value is -2.70. The molecule has 0 saturated heterocycles. The summed E-state index contributed by atoms with van der Waals surface area (Å²) in [5.74, 6) is -0.521. The molecule has 352 valence electrons. The molecule has 0 radical (unpaired) electrons. The van der Waals surface area contributed by atoms with Crippen molar-refractivity contribution in [3.63, 3.8) is 0 Å². The van der Waals surface area contributed by atoms with Gasteiger partial charge < -0.3 is 20.3 Å². The smallest absolute Gasteiger partial charge is 0.306 e. The Morgan fingerprint density at radius 3 is 1.51 bits per heavy atom. The van der Waals surface area contributed by atoms with Gasteiger partial charge in [0.2, 0.25) is 5.91 Å². The number of ether oxygens (including phenoxy) is 1. The minimum absolute atomic E-state index is 0.0522. The number of aliphatic hydroxyl groups is 2. The molecule has 3 unspecified atom stereocenters. The largest absolute Gasteiger partial charge is 0.462 e.